The second kappa shape index (κ2) is 8.04. The summed E-state index contributed by atoms with van der Waals surface area (Å²) in [4.78, 5) is 0. The van der Waals surface area contributed by atoms with Crippen LogP contribution in [0.4, 0.5) is 0 Å². The van der Waals surface area contributed by atoms with Gasteiger partial charge in [0.1, 0.15) is 11.9 Å². The molecule has 0 saturated carbocycles. The van der Waals surface area contributed by atoms with E-state index in [-0.39, 0.29) is 6.17 Å². The number of rotatable bonds is 7. The van der Waals surface area contributed by atoms with Crippen molar-refractivity contribution >= 4 is 26.3 Å². The van der Waals surface area contributed by atoms with E-state index in [2.05, 4.69) is 39.6 Å². The quantitative estimate of drug-likeness (QED) is 0.345. The zero-order valence-corrected chi connectivity index (χ0v) is 13.7. The molecular formula is C14H20IN3O. The van der Waals surface area contributed by atoms with Crippen LogP contribution in [0, 0.1) is 0 Å². The van der Waals surface area contributed by atoms with Crippen molar-refractivity contribution in [3.8, 4) is 5.75 Å². The Bertz CT molecular complexity index is 427. The molecule has 4 nitrogen and oxygen atoms in total. The van der Waals surface area contributed by atoms with Gasteiger partial charge < -0.3 is 10.1 Å². The van der Waals surface area contributed by atoms with Gasteiger partial charge >= 0.3 is 0 Å². The van der Waals surface area contributed by atoms with Gasteiger partial charge in [0, 0.05) is 0 Å². The molecule has 0 unspecified atom stereocenters. The van der Waals surface area contributed by atoms with Crippen LogP contribution < -0.4 is 10.1 Å². The Morgan fingerprint density at radius 2 is 2.16 bits per heavy atom. The van der Waals surface area contributed by atoms with Gasteiger partial charge in [-0.1, -0.05) is 18.7 Å². The lowest BCUT2D eigenvalue weighted by Gasteiger charge is -2.26. The van der Waals surface area contributed by atoms with Gasteiger partial charge in [-0.15, -0.1) is 0 Å². The van der Waals surface area contributed by atoms with E-state index in [0.717, 1.165) is 16.0 Å². The molecule has 1 rings (SSSR count). The van der Waals surface area contributed by atoms with Gasteiger partial charge in [-0.2, -0.15) is 5.10 Å². The summed E-state index contributed by atoms with van der Waals surface area (Å²) in [5, 5.41) is 9.67. The third-order valence-electron chi connectivity index (χ3n) is 2.58. The van der Waals surface area contributed by atoms with Gasteiger partial charge in [-0.3, -0.25) is 5.01 Å². The maximum atomic E-state index is 5.16. The largest absolute Gasteiger partial charge is 0.497 e. The molecule has 1 aromatic rings. The van der Waals surface area contributed by atoms with Crippen molar-refractivity contribution in [2.24, 2.45) is 5.10 Å². The summed E-state index contributed by atoms with van der Waals surface area (Å²) < 4.78 is 6.15. The van der Waals surface area contributed by atoms with Crippen LogP contribution in [0.2, 0.25) is 0 Å². The highest BCUT2D eigenvalue weighted by molar-refractivity contribution is 14.1. The molecule has 0 aromatic heterocycles. The Balaban J connectivity index is 2.80. The van der Waals surface area contributed by atoms with Crippen LogP contribution in [-0.2, 0) is 6.54 Å². The van der Waals surface area contributed by atoms with Gasteiger partial charge in [0.15, 0.2) is 0 Å². The Morgan fingerprint density at radius 3 is 2.63 bits per heavy atom. The van der Waals surface area contributed by atoms with Crippen molar-refractivity contribution in [1.29, 1.82) is 0 Å². The molecule has 19 heavy (non-hydrogen) atoms. The van der Waals surface area contributed by atoms with E-state index in [1.807, 2.05) is 43.1 Å². The molecule has 0 fully saturated rings. The molecule has 0 bridgehead atoms. The smallest absolute Gasteiger partial charge is 0.118 e. The van der Waals surface area contributed by atoms with E-state index < -0.39 is 0 Å². The van der Waals surface area contributed by atoms with Crippen LogP contribution in [0.3, 0.4) is 0 Å². The minimum atomic E-state index is 0.0873. The monoisotopic (exact) mass is 373 g/mol. The van der Waals surface area contributed by atoms with Crippen molar-refractivity contribution in [3.63, 3.8) is 0 Å². The molecular weight excluding hydrogens is 353 g/mol. The van der Waals surface area contributed by atoms with Crippen LogP contribution in [0.15, 0.2) is 42.1 Å². The molecule has 1 aromatic carbocycles. The fourth-order valence-corrected chi connectivity index (χ4v) is 1.89. The van der Waals surface area contributed by atoms with E-state index in [4.69, 9.17) is 4.74 Å². The molecule has 0 aliphatic rings. The molecule has 0 spiro atoms. The van der Waals surface area contributed by atoms with Crippen LogP contribution in [-0.4, -0.2) is 22.0 Å². The lowest BCUT2D eigenvalue weighted by molar-refractivity contribution is 0.192. The second-order valence-electron chi connectivity index (χ2n) is 4.09. The van der Waals surface area contributed by atoms with Crippen molar-refractivity contribution in [1.82, 2.24) is 10.3 Å². The summed E-state index contributed by atoms with van der Waals surface area (Å²) in [6.07, 6.45) is 1.77. The van der Waals surface area contributed by atoms with Gasteiger partial charge in [-0.05, 0) is 60.3 Å². The summed E-state index contributed by atoms with van der Waals surface area (Å²) >= 11 is 2.21. The van der Waals surface area contributed by atoms with Gasteiger partial charge in [-0.25, -0.2) is 0 Å². The highest BCUT2D eigenvalue weighted by atomic mass is 127. The Labute approximate surface area is 128 Å². The first-order valence-electron chi connectivity index (χ1n) is 6.04. The lowest BCUT2D eigenvalue weighted by Crippen LogP contribution is -2.37. The average Bonchev–Trinajstić information content (AvgIpc) is 2.38. The van der Waals surface area contributed by atoms with Crippen molar-refractivity contribution in [3.05, 3.63) is 42.6 Å². The number of ether oxygens (including phenoxy) is 1. The Kier molecular flexibility index (Phi) is 6.69. The lowest BCUT2D eigenvalue weighted by atomic mass is 10.2. The topological polar surface area (TPSA) is 36.9 Å². The zero-order valence-electron chi connectivity index (χ0n) is 11.6. The highest BCUT2D eigenvalue weighted by Crippen LogP contribution is 2.14. The van der Waals surface area contributed by atoms with E-state index in [1.165, 1.54) is 5.56 Å². The number of hydrogen-bond acceptors (Lipinski definition) is 4. The molecule has 104 valence electrons. The number of methoxy groups -OCH3 is 1. The third kappa shape index (κ3) is 5.50. The van der Waals surface area contributed by atoms with E-state index >= 15 is 0 Å². The van der Waals surface area contributed by atoms with Gasteiger partial charge in [0.05, 0.1) is 17.4 Å². The first-order chi connectivity index (χ1) is 9.06. The minimum absolute atomic E-state index is 0.0873. The van der Waals surface area contributed by atoms with Gasteiger partial charge in [0.2, 0.25) is 0 Å². The summed E-state index contributed by atoms with van der Waals surface area (Å²) in [7, 11) is 1.67. The fourth-order valence-electron chi connectivity index (χ4n) is 1.61. The number of nitrogens with zero attached hydrogens (tertiary/aromatic N) is 2. The van der Waals surface area contributed by atoms with Crippen LogP contribution in [0.5, 0.6) is 5.75 Å². The molecule has 0 aliphatic carbocycles. The number of benzene rings is 1. The highest BCUT2D eigenvalue weighted by Gasteiger charge is 2.10. The normalized spacial score (nSPS) is 12.7. The van der Waals surface area contributed by atoms with Gasteiger partial charge in [0.25, 0.3) is 0 Å². The van der Waals surface area contributed by atoms with Crippen molar-refractivity contribution in [2.45, 2.75) is 26.6 Å². The molecule has 1 N–H and O–H groups in total. The molecule has 0 saturated heterocycles. The molecule has 0 aliphatic heterocycles. The van der Waals surface area contributed by atoms with Crippen molar-refractivity contribution < 1.29 is 4.74 Å². The predicted molar refractivity (Wildman–Crippen MR) is 88.5 cm³/mol. The first kappa shape index (κ1) is 15.8. The standard InChI is InChI=1S/C14H20IN3O/c1-5-16-12(3)18(17-11(2)15)10-13-6-8-14(19-4)9-7-13/h5-9,12,16H,1,10H2,2-4H3/b17-11+/t12-/m1/s1. The maximum absolute atomic E-state index is 5.16. The van der Waals surface area contributed by atoms with Crippen molar-refractivity contribution in [2.75, 3.05) is 7.11 Å². The van der Waals surface area contributed by atoms with E-state index in [1.54, 1.807) is 13.3 Å². The SMILES string of the molecule is C=CN[C@@H](C)N(Cc1ccc(OC)cc1)/N=C(\C)I. The number of hydrazone groups is 1. The van der Waals surface area contributed by atoms with E-state index in [9.17, 15) is 0 Å². The van der Waals surface area contributed by atoms with Crippen LogP contribution >= 0.6 is 22.6 Å². The summed E-state index contributed by atoms with van der Waals surface area (Å²) in [5.74, 6) is 0.862. The average molecular weight is 373 g/mol. The van der Waals surface area contributed by atoms with Crippen LogP contribution in [0.1, 0.15) is 19.4 Å². The Morgan fingerprint density at radius 1 is 1.53 bits per heavy atom. The fraction of sp³-hybridized carbons (Fsp3) is 0.357. The number of nitrogens with one attached hydrogen (secondary N) is 1. The van der Waals surface area contributed by atoms with E-state index in [0.29, 0.717) is 0 Å². The summed E-state index contributed by atoms with van der Waals surface area (Å²) in [5.41, 5.74) is 1.18. The zero-order chi connectivity index (χ0) is 14.3. The minimum Gasteiger partial charge on any atom is -0.497 e. The van der Waals surface area contributed by atoms with Crippen LogP contribution in [0.25, 0.3) is 0 Å². The predicted octanol–water partition coefficient (Wildman–Crippen LogP) is 3.34. The first-order valence-corrected chi connectivity index (χ1v) is 7.12. The number of halogens is 1. The summed E-state index contributed by atoms with van der Waals surface area (Å²) in [6.45, 7) is 8.44. The molecule has 1 atom stereocenters. The summed E-state index contributed by atoms with van der Waals surface area (Å²) in [6, 6.07) is 8.01. The maximum Gasteiger partial charge on any atom is 0.118 e. The molecule has 5 heteroatoms. The molecule has 0 radical (unpaired) electrons. The number of hydrogen-bond donors (Lipinski definition) is 1. The Hall–Kier alpha value is -1.24. The third-order valence-corrected chi connectivity index (χ3v) is 2.79. The molecule has 0 amide bonds. The second-order valence-corrected chi connectivity index (χ2v) is 5.65. The molecule has 0 heterocycles.